The molecule has 1 saturated carbocycles. The SMILES string of the molecule is CCCNc1cc(C)nc(CSC2CCCC(C)C2)n1. The van der Waals surface area contributed by atoms with E-state index in [9.17, 15) is 0 Å². The maximum Gasteiger partial charge on any atom is 0.140 e. The number of rotatable bonds is 6. The van der Waals surface area contributed by atoms with Gasteiger partial charge in [-0.2, -0.15) is 11.8 Å². The normalized spacial score (nSPS) is 22.8. The third-order valence-electron chi connectivity index (χ3n) is 3.79. The van der Waals surface area contributed by atoms with E-state index in [-0.39, 0.29) is 0 Å². The first-order valence-electron chi connectivity index (χ1n) is 7.87. The molecular formula is C16H27N3S. The molecule has 20 heavy (non-hydrogen) atoms. The van der Waals surface area contributed by atoms with Crippen LogP contribution in [0.1, 0.15) is 57.5 Å². The number of aryl methyl sites for hydroxylation is 1. The molecule has 0 aromatic carbocycles. The van der Waals surface area contributed by atoms with Crippen molar-refractivity contribution in [3.63, 3.8) is 0 Å². The minimum absolute atomic E-state index is 0.801. The first-order valence-corrected chi connectivity index (χ1v) is 8.92. The lowest BCUT2D eigenvalue weighted by atomic mass is 9.91. The maximum atomic E-state index is 4.63. The number of aromatic nitrogens is 2. The molecule has 2 unspecified atom stereocenters. The average Bonchev–Trinajstić information content (AvgIpc) is 2.42. The molecule has 0 spiro atoms. The molecule has 0 radical (unpaired) electrons. The zero-order valence-electron chi connectivity index (χ0n) is 13.0. The molecule has 0 bridgehead atoms. The van der Waals surface area contributed by atoms with E-state index in [0.29, 0.717) is 0 Å². The highest BCUT2D eigenvalue weighted by Gasteiger charge is 2.19. The van der Waals surface area contributed by atoms with Crippen molar-refractivity contribution < 1.29 is 0 Å². The van der Waals surface area contributed by atoms with Gasteiger partial charge < -0.3 is 5.32 Å². The highest BCUT2D eigenvalue weighted by Crippen LogP contribution is 2.33. The van der Waals surface area contributed by atoms with Crippen LogP contribution in [0.2, 0.25) is 0 Å². The molecule has 1 aliphatic carbocycles. The van der Waals surface area contributed by atoms with E-state index in [1.165, 1.54) is 25.7 Å². The Morgan fingerprint density at radius 3 is 2.95 bits per heavy atom. The molecule has 2 atom stereocenters. The number of thioether (sulfide) groups is 1. The summed E-state index contributed by atoms with van der Waals surface area (Å²) in [5.74, 6) is 3.79. The Morgan fingerprint density at radius 2 is 2.20 bits per heavy atom. The summed E-state index contributed by atoms with van der Waals surface area (Å²) in [5, 5.41) is 4.16. The number of anilines is 1. The quantitative estimate of drug-likeness (QED) is 0.842. The van der Waals surface area contributed by atoms with Crippen LogP contribution in [0, 0.1) is 12.8 Å². The largest absolute Gasteiger partial charge is 0.370 e. The smallest absolute Gasteiger partial charge is 0.140 e. The van der Waals surface area contributed by atoms with Crippen LogP contribution in [0.4, 0.5) is 5.82 Å². The predicted molar refractivity (Wildman–Crippen MR) is 88.3 cm³/mol. The average molecular weight is 293 g/mol. The Kier molecular flexibility index (Phi) is 6.14. The van der Waals surface area contributed by atoms with E-state index >= 15 is 0 Å². The van der Waals surface area contributed by atoms with Gasteiger partial charge in [0.15, 0.2) is 0 Å². The van der Waals surface area contributed by atoms with Crippen LogP contribution in [0.25, 0.3) is 0 Å². The molecule has 4 heteroatoms. The van der Waals surface area contributed by atoms with Crippen molar-refractivity contribution >= 4 is 17.6 Å². The van der Waals surface area contributed by atoms with Gasteiger partial charge in [-0.15, -0.1) is 0 Å². The summed E-state index contributed by atoms with van der Waals surface area (Å²) in [7, 11) is 0. The van der Waals surface area contributed by atoms with E-state index in [4.69, 9.17) is 0 Å². The van der Waals surface area contributed by atoms with Crippen molar-refractivity contribution in [1.29, 1.82) is 0 Å². The maximum absolute atomic E-state index is 4.63. The molecule has 1 aromatic heterocycles. The van der Waals surface area contributed by atoms with Crippen LogP contribution in [-0.4, -0.2) is 21.8 Å². The van der Waals surface area contributed by atoms with Crippen molar-refractivity contribution in [2.75, 3.05) is 11.9 Å². The lowest BCUT2D eigenvalue weighted by Crippen LogP contribution is -2.15. The Morgan fingerprint density at radius 1 is 1.35 bits per heavy atom. The van der Waals surface area contributed by atoms with Crippen LogP contribution in [0.15, 0.2) is 6.07 Å². The van der Waals surface area contributed by atoms with Gasteiger partial charge in [0.2, 0.25) is 0 Å². The molecule has 1 heterocycles. The number of hydrogen-bond acceptors (Lipinski definition) is 4. The van der Waals surface area contributed by atoms with Gasteiger partial charge in [-0.25, -0.2) is 9.97 Å². The fourth-order valence-corrected chi connectivity index (χ4v) is 4.07. The summed E-state index contributed by atoms with van der Waals surface area (Å²) in [5.41, 5.74) is 1.06. The summed E-state index contributed by atoms with van der Waals surface area (Å²) in [6, 6.07) is 2.03. The molecule has 112 valence electrons. The van der Waals surface area contributed by atoms with Gasteiger partial charge in [-0.05, 0) is 32.1 Å². The van der Waals surface area contributed by atoms with E-state index in [2.05, 4.69) is 36.1 Å². The van der Waals surface area contributed by atoms with E-state index in [1.54, 1.807) is 0 Å². The van der Waals surface area contributed by atoms with E-state index < -0.39 is 0 Å². The second-order valence-electron chi connectivity index (χ2n) is 5.94. The summed E-state index contributed by atoms with van der Waals surface area (Å²) in [4.78, 5) is 9.20. The second kappa shape index (κ2) is 7.87. The van der Waals surface area contributed by atoms with Crippen molar-refractivity contribution in [2.45, 2.75) is 63.9 Å². The number of nitrogens with one attached hydrogen (secondary N) is 1. The van der Waals surface area contributed by atoms with Crippen LogP contribution in [-0.2, 0) is 5.75 Å². The number of hydrogen-bond donors (Lipinski definition) is 1. The van der Waals surface area contributed by atoms with Gasteiger partial charge in [-0.3, -0.25) is 0 Å². The molecule has 1 fully saturated rings. The van der Waals surface area contributed by atoms with Crippen LogP contribution < -0.4 is 5.32 Å². The lowest BCUT2D eigenvalue weighted by molar-refractivity contribution is 0.394. The summed E-state index contributed by atoms with van der Waals surface area (Å²) >= 11 is 2.04. The van der Waals surface area contributed by atoms with E-state index in [0.717, 1.165) is 47.2 Å². The van der Waals surface area contributed by atoms with Gasteiger partial charge in [0, 0.05) is 23.6 Å². The zero-order valence-corrected chi connectivity index (χ0v) is 13.8. The van der Waals surface area contributed by atoms with Crippen LogP contribution in [0.3, 0.4) is 0 Å². The highest BCUT2D eigenvalue weighted by molar-refractivity contribution is 7.99. The molecule has 1 aromatic rings. The monoisotopic (exact) mass is 293 g/mol. The Labute approximate surface area is 127 Å². The standard InChI is InChI=1S/C16H27N3S/c1-4-8-17-15-10-13(3)18-16(19-15)11-20-14-7-5-6-12(2)9-14/h10,12,14H,4-9,11H2,1-3H3,(H,17,18,19). The zero-order chi connectivity index (χ0) is 14.4. The topological polar surface area (TPSA) is 37.8 Å². The van der Waals surface area contributed by atoms with Gasteiger partial charge in [0.1, 0.15) is 11.6 Å². The first kappa shape index (κ1) is 15.6. The third kappa shape index (κ3) is 4.97. The minimum Gasteiger partial charge on any atom is -0.370 e. The van der Waals surface area contributed by atoms with E-state index in [1.807, 2.05) is 17.8 Å². The fraction of sp³-hybridized carbons (Fsp3) is 0.750. The van der Waals surface area contributed by atoms with Crippen LogP contribution in [0.5, 0.6) is 0 Å². The van der Waals surface area contributed by atoms with Crippen molar-refractivity contribution in [3.05, 3.63) is 17.6 Å². The molecular weight excluding hydrogens is 266 g/mol. The van der Waals surface area contributed by atoms with Gasteiger partial charge >= 0.3 is 0 Å². The fourth-order valence-electron chi connectivity index (χ4n) is 2.76. The first-order chi connectivity index (χ1) is 9.67. The van der Waals surface area contributed by atoms with Crippen molar-refractivity contribution in [3.8, 4) is 0 Å². The third-order valence-corrected chi connectivity index (χ3v) is 5.12. The van der Waals surface area contributed by atoms with Crippen molar-refractivity contribution in [1.82, 2.24) is 9.97 Å². The van der Waals surface area contributed by atoms with Gasteiger partial charge in [0.05, 0.1) is 5.75 Å². The molecule has 0 aliphatic heterocycles. The second-order valence-corrected chi connectivity index (χ2v) is 7.23. The Balaban J connectivity index is 1.89. The van der Waals surface area contributed by atoms with Gasteiger partial charge in [0.25, 0.3) is 0 Å². The molecule has 2 rings (SSSR count). The van der Waals surface area contributed by atoms with Gasteiger partial charge in [-0.1, -0.05) is 26.7 Å². The Hall–Kier alpha value is -0.770. The van der Waals surface area contributed by atoms with Crippen molar-refractivity contribution in [2.24, 2.45) is 5.92 Å². The molecule has 1 N–H and O–H groups in total. The highest BCUT2D eigenvalue weighted by atomic mass is 32.2. The summed E-state index contributed by atoms with van der Waals surface area (Å²) in [6.45, 7) is 7.57. The molecule has 3 nitrogen and oxygen atoms in total. The predicted octanol–water partition coefficient (Wildman–Crippen LogP) is 4.42. The number of nitrogens with zero attached hydrogens (tertiary/aromatic N) is 2. The molecule has 0 amide bonds. The van der Waals surface area contributed by atoms with Crippen LogP contribution >= 0.6 is 11.8 Å². The Bertz CT molecular complexity index is 422. The molecule has 0 saturated heterocycles. The summed E-state index contributed by atoms with van der Waals surface area (Å²) in [6.07, 6.45) is 6.63. The molecule has 1 aliphatic rings. The minimum atomic E-state index is 0.801. The summed E-state index contributed by atoms with van der Waals surface area (Å²) < 4.78 is 0. The lowest BCUT2D eigenvalue weighted by Gasteiger charge is -2.26.